The molecule has 0 spiro atoms. The SMILES string of the molecule is CCc1nccn1[C@H]1CCCN(C(=O)CCc2ccncc2)C1. The van der Waals surface area contributed by atoms with Gasteiger partial charge in [-0.2, -0.15) is 0 Å². The van der Waals surface area contributed by atoms with Crippen molar-refractivity contribution in [2.75, 3.05) is 13.1 Å². The van der Waals surface area contributed by atoms with Crippen LogP contribution in [0.1, 0.15) is 43.6 Å². The van der Waals surface area contributed by atoms with Crippen LogP contribution in [0.3, 0.4) is 0 Å². The van der Waals surface area contributed by atoms with E-state index in [1.807, 2.05) is 23.2 Å². The van der Waals surface area contributed by atoms with E-state index in [1.54, 1.807) is 12.4 Å². The average Bonchev–Trinajstić information content (AvgIpc) is 3.09. The van der Waals surface area contributed by atoms with Crippen LogP contribution in [0, 0.1) is 0 Å². The van der Waals surface area contributed by atoms with E-state index in [0.717, 1.165) is 44.6 Å². The second-order valence-electron chi connectivity index (χ2n) is 6.10. The lowest BCUT2D eigenvalue weighted by Crippen LogP contribution is -2.41. The monoisotopic (exact) mass is 312 g/mol. The van der Waals surface area contributed by atoms with Crippen LogP contribution in [0.5, 0.6) is 0 Å². The molecule has 1 aliphatic heterocycles. The number of hydrogen-bond donors (Lipinski definition) is 0. The zero-order valence-electron chi connectivity index (χ0n) is 13.7. The molecule has 5 nitrogen and oxygen atoms in total. The van der Waals surface area contributed by atoms with Crippen molar-refractivity contribution in [1.82, 2.24) is 19.4 Å². The van der Waals surface area contributed by atoms with Gasteiger partial charge >= 0.3 is 0 Å². The summed E-state index contributed by atoms with van der Waals surface area (Å²) in [6.07, 6.45) is 11.9. The van der Waals surface area contributed by atoms with E-state index in [2.05, 4.69) is 27.7 Å². The molecule has 1 atom stereocenters. The van der Waals surface area contributed by atoms with Crippen LogP contribution >= 0.6 is 0 Å². The van der Waals surface area contributed by atoms with Crippen molar-refractivity contribution in [2.45, 2.75) is 45.1 Å². The van der Waals surface area contributed by atoms with Gasteiger partial charge in [0, 0.05) is 50.7 Å². The fourth-order valence-corrected chi connectivity index (χ4v) is 3.32. The zero-order chi connectivity index (χ0) is 16.1. The Labute approximate surface area is 137 Å². The standard InChI is InChI=1S/C18H24N4O/c1-2-17-20-11-13-22(17)16-4-3-12-21(14-16)18(23)6-5-15-7-9-19-10-8-15/h7-11,13,16H,2-6,12,14H2,1H3/t16-/m0/s1. The maximum absolute atomic E-state index is 12.5. The fourth-order valence-electron chi connectivity index (χ4n) is 3.32. The molecule has 23 heavy (non-hydrogen) atoms. The minimum atomic E-state index is 0.254. The Kier molecular flexibility index (Phi) is 5.05. The third-order valence-electron chi connectivity index (χ3n) is 4.58. The molecule has 1 fully saturated rings. The summed E-state index contributed by atoms with van der Waals surface area (Å²) in [6, 6.07) is 4.32. The number of aryl methyl sites for hydroxylation is 2. The minimum absolute atomic E-state index is 0.254. The van der Waals surface area contributed by atoms with Crippen molar-refractivity contribution in [3.63, 3.8) is 0 Å². The molecule has 1 amide bonds. The van der Waals surface area contributed by atoms with Crippen molar-refractivity contribution >= 4 is 5.91 Å². The van der Waals surface area contributed by atoms with Gasteiger partial charge < -0.3 is 9.47 Å². The molecular formula is C18H24N4O. The molecule has 0 N–H and O–H groups in total. The number of piperidine rings is 1. The van der Waals surface area contributed by atoms with Gasteiger partial charge in [-0.25, -0.2) is 4.98 Å². The number of imidazole rings is 1. The van der Waals surface area contributed by atoms with Gasteiger partial charge in [-0.3, -0.25) is 9.78 Å². The summed E-state index contributed by atoms with van der Waals surface area (Å²) in [7, 11) is 0. The van der Waals surface area contributed by atoms with Gasteiger partial charge in [-0.15, -0.1) is 0 Å². The Morgan fingerprint density at radius 3 is 2.91 bits per heavy atom. The Bertz CT molecular complexity index is 637. The van der Waals surface area contributed by atoms with Crippen LogP contribution < -0.4 is 0 Å². The Morgan fingerprint density at radius 1 is 1.30 bits per heavy atom. The van der Waals surface area contributed by atoms with Crippen molar-refractivity contribution in [2.24, 2.45) is 0 Å². The average molecular weight is 312 g/mol. The first-order chi connectivity index (χ1) is 11.3. The zero-order valence-corrected chi connectivity index (χ0v) is 13.7. The van der Waals surface area contributed by atoms with E-state index in [4.69, 9.17) is 0 Å². The predicted molar refractivity (Wildman–Crippen MR) is 89.0 cm³/mol. The van der Waals surface area contributed by atoms with Crippen molar-refractivity contribution in [3.05, 3.63) is 48.3 Å². The van der Waals surface area contributed by atoms with Gasteiger partial charge in [0.25, 0.3) is 0 Å². The van der Waals surface area contributed by atoms with Crippen molar-refractivity contribution in [1.29, 1.82) is 0 Å². The van der Waals surface area contributed by atoms with E-state index in [-0.39, 0.29) is 5.91 Å². The Morgan fingerprint density at radius 2 is 2.13 bits per heavy atom. The molecule has 0 radical (unpaired) electrons. The lowest BCUT2D eigenvalue weighted by molar-refractivity contribution is -0.132. The second-order valence-corrected chi connectivity index (χ2v) is 6.10. The second kappa shape index (κ2) is 7.40. The quantitative estimate of drug-likeness (QED) is 0.853. The number of carbonyl (C=O) groups is 1. The summed E-state index contributed by atoms with van der Waals surface area (Å²) in [6.45, 7) is 3.81. The number of aromatic nitrogens is 3. The summed E-state index contributed by atoms with van der Waals surface area (Å²) >= 11 is 0. The number of nitrogens with zero attached hydrogens (tertiary/aromatic N) is 4. The summed E-state index contributed by atoms with van der Waals surface area (Å²) in [5.74, 6) is 1.37. The predicted octanol–water partition coefficient (Wildman–Crippen LogP) is 2.64. The largest absolute Gasteiger partial charge is 0.341 e. The highest BCUT2D eigenvalue weighted by Gasteiger charge is 2.25. The van der Waals surface area contributed by atoms with E-state index < -0.39 is 0 Å². The van der Waals surface area contributed by atoms with Crippen LogP contribution in [-0.4, -0.2) is 38.4 Å². The van der Waals surface area contributed by atoms with E-state index in [9.17, 15) is 4.79 Å². The van der Waals surface area contributed by atoms with Crippen molar-refractivity contribution < 1.29 is 4.79 Å². The number of likely N-dealkylation sites (tertiary alicyclic amines) is 1. The molecule has 0 saturated carbocycles. The third kappa shape index (κ3) is 3.78. The smallest absolute Gasteiger partial charge is 0.222 e. The first-order valence-corrected chi connectivity index (χ1v) is 8.46. The van der Waals surface area contributed by atoms with E-state index in [1.165, 1.54) is 5.56 Å². The Hall–Kier alpha value is -2.17. The van der Waals surface area contributed by atoms with Crippen LogP contribution in [0.2, 0.25) is 0 Å². The Balaban J connectivity index is 1.58. The summed E-state index contributed by atoms with van der Waals surface area (Å²) in [4.78, 5) is 23.0. The molecule has 1 saturated heterocycles. The van der Waals surface area contributed by atoms with Crippen molar-refractivity contribution in [3.8, 4) is 0 Å². The molecule has 1 aliphatic rings. The summed E-state index contributed by atoms with van der Waals surface area (Å²) in [5.41, 5.74) is 1.17. The number of pyridine rings is 1. The fraction of sp³-hybridized carbons (Fsp3) is 0.500. The van der Waals surface area contributed by atoms with Crippen LogP contribution in [0.25, 0.3) is 0 Å². The molecule has 0 aromatic carbocycles. The molecule has 3 rings (SSSR count). The maximum Gasteiger partial charge on any atom is 0.222 e. The highest BCUT2D eigenvalue weighted by atomic mass is 16.2. The highest BCUT2D eigenvalue weighted by Crippen LogP contribution is 2.23. The molecule has 0 bridgehead atoms. The molecule has 2 aromatic rings. The number of carbonyl (C=O) groups excluding carboxylic acids is 1. The van der Waals surface area contributed by atoms with Crippen LogP contribution in [0.15, 0.2) is 36.9 Å². The third-order valence-corrected chi connectivity index (χ3v) is 4.58. The lowest BCUT2D eigenvalue weighted by atomic mass is 10.0. The van der Waals surface area contributed by atoms with E-state index >= 15 is 0 Å². The first-order valence-electron chi connectivity index (χ1n) is 8.46. The highest BCUT2D eigenvalue weighted by molar-refractivity contribution is 5.76. The topological polar surface area (TPSA) is 51.0 Å². The maximum atomic E-state index is 12.5. The molecule has 122 valence electrons. The molecular weight excluding hydrogens is 288 g/mol. The molecule has 5 heteroatoms. The first kappa shape index (κ1) is 15.7. The molecule has 3 heterocycles. The number of amides is 1. The number of hydrogen-bond acceptors (Lipinski definition) is 3. The summed E-state index contributed by atoms with van der Waals surface area (Å²) in [5, 5.41) is 0. The summed E-state index contributed by atoms with van der Waals surface area (Å²) < 4.78 is 2.25. The van der Waals surface area contributed by atoms with Crippen LogP contribution in [-0.2, 0) is 17.6 Å². The van der Waals surface area contributed by atoms with Gasteiger partial charge in [-0.1, -0.05) is 6.92 Å². The van der Waals surface area contributed by atoms with Gasteiger partial charge in [0.1, 0.15) is 5.82 Å². The molecule has 0 unspecified atom stereocenters. The minimum Gasteiger partial charge on any atom is -0.341 e. The van der Waals surface area contributed by atoms with Gasteiger partial charge in [0.05, 0.1) is 6.04 Å². The number of rotatable bonds is 5. The van der Waals surface area contributed by atoms with Crippen LogP contribution in [0.4, 0.5) is 0 Å². The normalized spacial score (nSPS) is 18.1. The molecule has 0 aliphatic carbocycles. The lowest BCUT2D eigenvalue weighted by Gasteiger charge is -2.34. The van der Waals surface area contributed by atoms with E-state index in [0.29, 0.717) is 12.5 Å². The van der Waals surface area contributed by atoms with Gasteiger partial charge in [0.2, 0.25) is 5.91 Å². The van der Waals surface area contributed by atoms with Gasteiger partial charge in [0.15, 0.2) is 0 Å². The molecule has 2 aromatic heterocycles. The van der Waals surface area contributed by atoms with Gasteiger partial charge in [-0.05, 0) is 37.0 Å².